The summed E-state index contributed by atoms with van der Waals surface area (Å²) in [5, 5.41) is 5.32. The first-order valence-electron chi connectivity index (χ1n) is 10.9. The van der Waals surface area contributed by atoms with Crippen LogP contribution in [0.4, 0.5) is 0 Å². The molecule has 0 saturated heterocycles. The Kier molecular flexibility index (Phi) is 20.6. The number of fused-ring (bicyclic) bond motifs is 3. The van der Waals surface area contributed by atoms with E-state index in [0.717, 1.165) is 6.42 Å². The zero-order valence-electron chi connectivity index (χ0n) is 21.1. The molecule has 5 aromatic carbocycles. The molecule has 36 heavy (non-hydrogen) atoms. The molecule has 5 aromatic rings. The first-order valence-corrected chi connectivity index (χ1v) is 15.1. The van der Waals surface area contributed by atoms with Crippen molar-refractivity contribution in [3.8, 4) is 0 Å². The monoisotopic (exact) mass is 607 g/mol. The zero-order chi connectivity index (χ0) is 22.6. The van der Waals surface area contributed by atoms with Crippen LogP contribution in [0.25, 0.3) is 27.6 Å². The molecule has 1 unspecified atom stereocenters. The van der Waals surface area contributed by atoms with E-state index < -0.39 is 0 Å². The maximum atomic E-state index is 3.89. The summed E-state index contributed by atoms with van der Waals surface area (Å²) in [7, 11) is 0. The molecule has 190 valence electrons. The third kappa shape index (κ3) is 10.3. The van der Waals surface area contributed by atoms with Gasteiger partial charge in [-0.2, -0.15) is 41.5 Å². The fraction of sp³-hybridized carbons (Fsp3) is 0.0938. The van der Waals surface area contributed by atoms with Gasteiger partial charge in [0.15, 0.2) is 0 Å². The average molecular weight is 610 g/mol. The summed E-state index contributed by atoms with van der Waals surface area (Å²) in [6.07, 6.45) is 6.70. The van der Waals surface area contributed by atoms with Gasteiger partial charge in [-0.1, -0.05) is 55.0 Å². The first-order chi connectivity index (χ1) is 15.8. The zero-order valence-corrected chi connectivity index (χ0v) is 26.2. The van der Waals surface area contributed by atoms with E-state index in [-0.39, 0.29) is 39.7 Å². The second kappa shape index (κ2) is 20.4. The van der Waals surface area contributed by atoms with E-state index in [0.29, 0.717) is 5.92 Å². The Hall–Kier alpha value is -1.70. The molecule has 0 amide bonds. The van der Waals surface area contributed by atoms with Gasteiger partial charge in [-0.15, -0.1) is 84.1 Å². The van der Waals surface area contributed by atoms with Crippen LogP contribution in [0.3, 0.4) is 0 Å². The van der Waals surface area contributed by atoms with E-state index in [4.69, 9.17) is 0 Å². The molecule has 4 heteroatoms. The van der Waals surface area contributed by atoms with Gasteiger partial charge in [0.25, 0.3) is 0 Å². The normalized spacial score (nSPS) is 11.7. The Morgan fingerprint density at radius 3 is 1.67 bits per heavy atom. The van der Waals surface area contributed by atoms with Gasteiger partial charge in [-0.25, -0.2) is 0 Å². The minimum Gasteiger partial charge on any atom is -0.168 e. The molecule has 1 aliphatic carbocycles. The van der Waals surface area contributed by atoms with Crippen molar-refractivity contribution in [3.05, 3.63) is 148 Å². The van der Waals surface area contributed by atoms with Gasteiger partial charge >= 0.3 is 30.2 Å². The molecule has 0 aromatic heterocycles. The van der Waals surface area contributed by atoms with Crippen molar-refractivity contribution >= 4 is 59.3 Å². The summed E-state index contributed by atoms with van der Waals surface area (Å²) in [5.74, 6) is 0.624. The Labute approximate surface area is 248 Å². The minimum atomic E-state index is 0. The fourth-order valence-electron chi connectivity index (χ4n) is 3.94. The second-order valence-corrected chi connectivity index (χ2v) is 7.55. The molecule has 0 aliphatic heterocycles. The van der Waals surface area contributed by atoms with Crippen LogP contribution in [0.1, 0.15) is 29.9 Å². The Bertz CT molecular complexity index is 1130. The summed E-state index contributed by atoms with van der Waals surface area (Å²) in [5.41, 5.74) is 2.86. The third-order valence-electron chi connectivity index (χ3n) is 5.51. The van der Waals surface area contributed by atoms with E-state index in [2.05, 4.69) is 135 Å². The van der Waals surface area contributed by atoms with Gasteiger partial charge in [-0.05, 0) is 11.1 Å². The molecule has 1 atom stereocenters. The molecule has 0 spiro atoms. The van der Waals surface area contributed by atoms with Crippen LogP contribution >= 0.6 is 24.8 Å². The van der Waals surface area contributed by atoms with Gasteiger partial charge in [0.2, 0.25) is 0 Å². The Morgan fingerprint density at radius 2 is 1.17 bits per heavy atom. The quantitative estimate of drug-likeness (QED) is 0.138. The van der Waals surface area contributed by atoms with Crippen molar-refractivity contribution in [3.63, 3.8) is 0 Å². The van der Waals surface area contributed by atoms with Crippen LogP contribution in [-0.4, -0.2) is 6.88 Å². The second-order valence-electron chi connectivity index (χ2n) is 7.55. The number of allylic oxidation sites excluding steroid dienone is 1. The molecule has 0 heterocycles. The van der Waals surface area contributed by atoms with Crippen LogP contribution < -0.4 is 0 Å². The molecule has 0 nitrogen and oxygen atoms in total. The number of hydrogen-bond acceptors (Lipinski definition) is 0. The molecule has 1 aliphatic rings. The Morgan fingerprint density at radius 1 is 0.694 bits per heavy atom. The fourth-order valence-corrected chi connectivity index (χ4v) is 3.94. The van der Waals surface area contributed by atoms with Crippen LogP contribution in [0.5, 0.6) is 0 Å². The van der Waals surface area contributed by atoms with Crippen molar-refractivity contribution < 1.29 is 23.3 Å². The van der Waals surface area contributed by atoms with Crippen molar-refractivity contribution in [2.45, 2.75) is 18.8 Å². The van der Waals surface area contributed by atoms with Crippen molar-refractivity contribution in [1.29, 1.82) is 0 Å². The summed E-state index contributed by atoms with van der Waals surface area (Å²) in [6, 6.07) is 37.9. The topological polar surface area (TPSA) is 0 Å². The maximum absolute atomic E-state index is 3.89. The summed E-state index contributed by atoms with van der Waals surface area (Å²) >= 11 is 1.36. The van der Waals surface area contributed by atoms with Crippen LogP contribution in [0, 0.1) is 21.8 Å². The molecule has 0 bridgehead atoms. The summed E-state index contributed by atoms with van der Waals surface area (Å²) in [4.78, 5) is 0. The van der Waals surface area contributed by atoms with E-state index in [1.165, 1.54) is 62.4 Å². The Balaban J connectivity index is 0. The van der Waals surface area contributed by atoms with E-state index in [1.807, 2.05) is 0 Å². The predicted octanol–water partition coefficient (Wildman–Crippen LogP) is 9.89. The van der Waals surface area contributed by atoms with Gasteiger partial charge in [0.05, 0.1) is 0 Å². The van der Waals surface area contributed by atoms with Crippen molar-refractivity contribution in [2.24, 2.45) is 0 Å². The number of rotatable bonds is 2. The van der Waals surface area contributed by atoms with Gasteiger partial charge < -0.3 is 21.8 Å². The largest absolute Gasteiger partial charge is 0.168 e. The molecule has 0 saturated carbocycles. The number of hydrogen-bond donors (Lipinski definition) is 0. The van der Waals surface area contributed by atoms with E-state index in [1.54, 1.807) is 0 Å². The minimum absolute atomic E-state index is 0. The molecule has 0 N–H and O–H groups in total. The molecular formula is C32H35Cl2SiZr-5. The molecular weight excluding hydrogens is 575 g/mol. The SMILES string of the molecule is Cl.Cl.[CH2-]CCC1C=Cc2ccccc21.[CH3-].[CH3-].[Si]=[Zr].c1ccc2[cH-]ccc2c1.c1ccc2[cH-]ccc2c1. The smallest absolute Gasteiger partial charge is 0.0809 e. The maximum Gasteiger partial charge on any atom is -0.0809 e. The van der Waals surface area contributed by atoms with Gasteiger partial charge in [0, 0.05) is 5.92 Å². The predicted molar refractivity (Wildman–Crippen MR) is 165 cm³/mol. The van der Waals surface area contributed by atoms with Crippen LogP contribution in [0.2, 0.25) is 0 Å². The van der Waals surface area contributed by atoms with Crippen LogP contribution in [-0.2, 0) is 23.3 Å². The van der Waals surface area contributed by atoms with E-state index in [9.17, 15) is 0 Å². The van der Waals surface area contributed by atoms with Gasteiger partial charge in [-0.3, -0.25) is 0 Å². The van der Waals surface area contributed by atoms with Crippen LogP contribution in [0.15, 0.2) is 115 Å². The number of benzene rings is 3. The standard InChI is InChI=1S/C12H13.2C9H7.2CH3.2ClH.Si.Zr/c1-2-5-10-8-9-11-6-3-4-7-12(10)11;2*1-2-5-9-7-3-6-8(9)4-1;;;;;;/h3-4,6-10H,1-2,5H2;2*1-7H;2*1H3;2*1H;;/q5*-1;;;;. The van der Waals surface area contributed by atoms with Crippen molar-refractivity contribution in [2.75, 3.05) is 0 Å². The first kappa shape index (κ1) is 36.5. The summed E-state index contributed by atoms with van der Waals surface area (Å²) < 4.78 is 0. The van der Waals surface area contributed by atoms with Crippen molar-refractivity contribution in [1.82, 2.24) is 0 Å². The molecule has 0 fully saturated rings. The van der Waals surface area contributed by atoms with Gasteiger partial charge in [0.1, 0.15) is 0 Å². The van der Waals surface area contributed by atoms with E-state index >= 15 is 0 Å². The summed E-state index contributed by atoms with van der Waals surface area (Å²) in [6.45, 7) is 6.95. The number of halogens is 2. The molecule has 6 rings (SSSR count). The third-order valence-corrected chi connectivity index (χ3v) is 5.51. The molecule has 2 radical (unpaired) electrons. The average Bonchev–Trinajstić information content (AvgIpc) is 3.61.